The molecule has 0 amide bonds. The second-order valence-electron chi connectivity index (χ2n) is 4.03. The van der Waals surface area contributed by atoms with Gasteiger partial charge in [0.05, 0.1) is 5.69 Å². The Morgan fingerprint density at radius 2 is 1.95 bits per heavy atom. The van der Waals surface area contributed by atoms with Gasteiger partial charge in [-0.3, -0.25) is 0 Å². The highest BCUT2D eigenvalue weighted by molar-refractivity contribution is 9.10. The zero-order valence-electron chi connectivity index (χ0n) is 10.7. The maximum absolute atomic E-state index is 5.94. The average Bonchev–Trinajstić information content (AvgIpc) is 2.86. The maximum Gasteiger partial charge on any atom is 0.220 e. The third-order valence-corrected chi connectivity index (χ3v) is 4.07. The number of hydrogen-bond donors (Lipinski definition) is 0. The van der Waals surface area contributed by atoms with Crippen LogP contribution in [0.2, 0.25) is 5.15 Å². The smallest absolute Gasteiger partial charge is 0.220 e. The van der Waals surface area contributed by atoms with E-state index in [1.165, 1.54) is 11.8 Å². The van der Waals surface area contributed by atoms with E-state index in [0.29, 0.717) is 21.2 Å². The van der Waals surface area contributed by atoms with Crippen LogP contribution in [0.15, 0.2) is 45.0 Å². The lowest BCUT2D eigenvalue weighted by Gasteiger charge is -2.04. The largest absolute Gasteiger partial charge is 0.226 e. The van der Waals surface area contributed by atoms with E-state index in [1.54, 1.807) is 17.7 Å². The van der Waals surface area contributed by atoms with E-state index in [2.05, 4.69) is 41.4 Å². The third-order valence-electron chi connectivity index (χ3n) is 2.49. The Balaban J connectivity index is 1.94. The van der Waals surface area contributed by atoms with Gasteiger partial charge >= 0.3 is 0 Å². The van der Waals surface area contributed by atoms with Crippen LogP contribution < -0.4 is 0 Å². The molecule has 2 heterocycles. The molecule has 0 aliphatic heterocycles. The summed E-state index contributed by atoms with van der Waals surface area (Å²) in [6, 6.07) is 9.37. The summed E-state index contributed by atoms with van der Waals surface area (Å²) < 4.78 is 2.63. The minimum Gasteiger partial charge on any atom is -0.226 e. The van der Waals surface area contributed by atoms with E-state index >= 15 is 0 Å². The first-order chi connectivity index (χ1) is 10.1. The number of tetrazole rings is 1. The van der Waals surface area contributed by atoms with Crippen molar-refractivity contribution in [1.29, 1.82) is 0 Å². The first-order valence-electron chi connectivity index (χ1n) is 5.85. The highest BCUT2D eigenvalue weighted by atomic mass is 79.9. The highest BCUT2D eigenvalue weighted by Gasteiger charge is 2.12. The van der Waals surface area contributed by atoms with Crippen LogP contribution in [0.25, 0.3) is 5.69 Å². The molecule has 0 saturated carbocycles. The number of nitrogens with zero attached hydrogens (tertiary/aromatic N) is 6. The summed E-state index contributed by atoms with van der Waals surface area (Å²) in [6.45, 7) is 1.79. The molecule has 0 N–H and O–H groups in total. The number of rotatable bonds is 3. The molecule has 2 aromatic heterocycles. The van der Waals surface area contributed by atoms with Gasteiger partial charge in [0.25, 0.3) is 0 Å². The van der Waals surface area contributed by atoms with Crippen molar-refractivity contribution in [3.05, 3.63) is 45.8 Å². The van der Waals surface area contributed by atoms with Crippen molar-refractivity contribution >= 4 is 39.3 Å². The fourth-order valence-corrected chi connectivity index (χ4v) is 3.03. The fourth-order valence-electron chi connectivity index (χ4n) is 1.64. The van der Waals surface area contributed by atoms with Gasteiger partial charge in [-0.05, 0) is 53.4 Å². The van der Waals surface area contributed by atoms with E-state index in [0.717, 1.165) is 10.2 Å². The molecule has 0 aliphatic carbocycles. The lowest BCUT2D eigenvalue weighted by molar-refractivity contribution is 0.755. The van der Waals surface area contributed by atoms with E-state index in [9.17, 15) is 0 Å². The summed E-state index contributed by atoms with van der Waals surface area (Å²) in [7, 11) is 0. The van der Waals surface area contributed by atoms with Gasteiger partial charge < -0.3 is 0 Å². The molecule has 106 valence electrons. The second kappa shape index (κ2) is 6.08. The Kier molecular flexibility index (Phi) is 4.18. The van der Waals surface area contributed by atoms with Crippen molar-refractivity contribution < 1.29 is 0 Å². The lowest BCUT2D eigenvalue weighted by atomic mass is 10.3. The van der Waals surface area contributed by atoms with Crippen molar-refractivity contribution in [2.45, 2.75) is 17.1 Å². The van der Waals surface area contributed by atoms with E-state index in [4.69, 9.17) is 11.6 Å². The summed E-state index contributed by atoms with van der Waals surface area (Å²) in [6.07, 6.45) is 0. The first-order valence-corrected chi connectivity index (χ1v) is 7.84. The molecule has 0 bridgehead atoms. The van der Waals surface area contributed by atoms with Crippen LogP contribution in [0.4, 0.5) is 0 Å². The predicted octanol–water partition coefficient (Wildman–Crippen LogP) is 3.33. The Bertz CT molecular complexity index is 755. The van der Waals surface area contributed by atoms with E-state index in [1.807, 2.05) is 24.3 Å². The van der Waals surface area contributed by atoms with Crippen molar-refractivity contribution in [3.8, 4) is 5.69 Å². The van der Waals surface area contributed by atoms with Gasteiger partial charge in [0.2, 0.25) is 5.16 Å². The van der Waals surface area contributed by atoms with Crippen molar-refractivity contribution in [3.63, 3.8) is 0 Å². The minimum absolute atomic E-state index is 0.396. The van der Waals surface area contributed by atoms with E-state index < -0.39 is 0 Å². The average molecular weight is 384 g/mol. The zero-order valence-corrected chi connectivity index (χ0v) is 13.9. The van der Waals surface area contributed by atoms with Crippen LogP contribution in [0, 0.1) is 6.92 Å². The number of aryl methyl sites for hydroxylation is 1. The SMILES string of the molecule is Cc1nc(Cl)cc(Sc2nnnn2-c2ccc(Br)cc2)n1. The quantitative estimate of drug-likeness (QED) is 0.646. The molecule has 1 aromatic carbocycles. The van der Waals surface area contributed by atoms with Gasteiger partial charge in [0.1, 0.15) is 16.0 Å². The summed E-state index contributed by atoms with van der Waals surface area (Å²) in [5, 5.41) is 13.4. The van der Waals surface area contributed by atoms with Crippen molar-refractivity contribution in [2.75, 3.05) is 0 Å². The second-order valence-corrected chi connectivity index (χ2v) is 6.32. The molecule has 0 spiro atoms. The van der Waals surface area contributed by atoms with Crippen LogP contribution in [0.5, 0.6) is 0 Å². The normalized spacial score (nSPS) is 10.8. The summed E-state index contributed by atoms with van der Waals surface area (Å²) >= 11 is 10.7. The lowest BCUT2D eigenvalue weighted by Crippen LogP contribution is -1.99. The maximum atomic E-state index is 5.94. The highest BCUT2D eigenvalue weighted by Crippen LogP contribution is 2.27. The van der Waals surface area contributed by atoms with Crippen molar-refractivity contribution in [1.82, 2.24) is 30.2 Å². The summed E-state index contributed by atoms with van der Waals surface area (Å²) in [5.41, 5.74) is 0.863. The summed E-state index contributed by atoms with van der Waals surface area (Å²) in [4.78, 5) is 8.34. The number of aromatic nitrogens is 6. The molecule has 9 heteroatoms. The van der Waals surface area contributed by atoms with Crippen LogP contribution in [-0.2, 0) is 0 Å². The molecule has 0 aliphatic rings. The van der Waals surface area contributed by atoms with Gasteiger partial charge in [-0.1, -0.05) is 27.5 Å². The number of hydrogen-bond acceptors (Lipinski definition) is 6. The Labute approximate surface area is 138 Å². The van der Waals surface area contributed by atoms with Crippen LogP contribution >= 0.6 is 39.3 Å². The van der Waals surface area contributed by atoms with Crippen molar-refractivity contribution in [2.24, 2.45) is 0 Å². The molecule has 21 heavy (non-hydrogen) atoms. The third kappa shape index (κ3) is 3.39. The van der Waals surface area contributed by atoms with Gasteiger partial charge in [-0.15, -0.1) is 5.10 Å². The van der Waals surface area contributed by atoms with Gasteiger partial charge in [0.15, 0.2) is 0 Å². The molecule has 0 atom stereocenters. The zero-order chi connectivity index (χ0) is 14.8. The Morgan fingerprint density at radius 3 is 2.67 bits per heavy atom. The molecular formula is C12H8BrClN6S. The Morgan fingerprint density at radius 1 is 1.19 bits per heavy atom. The molecule has 3 rings (SSSR count). The minimum atomic E-state index is 0.396. The van der Waals surface area contributed by atoms with Crippen LogP contribution in [-0.4, -0.2) is 30.2 Å². The first kappa shape index (κ1) is 14.4. The van der Waals surface area contributed by atoms with Gasteiger partial charge in [0, 0.05) is 10.5 Å². The predicted molar refractivity (Wildman–Crippen MR) is 82.8 cm³/mol. The Hall–Kier alpha value is -1.51. The molecular weight excluding hydrogens is 376 g/mol. The molecule has 0 saturated heterocycles. The molecule has 0 unspecified atom stereocenters. The van der Waals surface area contributed by atoms with Crippen LogP contribution in [0.1, 0.15) is 5.82 Å². The molecule has 3 aromatic rings. The van der Waals surface area contributed by atoms with Crippen LogP contribution in [0.3, 0.4) is 0 Å². The molecule has 0 radical (unpaired) electrons. The van der Waals surface area contributed by atoms with E-state index in [-0.39, 0.29) is 0 Å². The monoisotopic (exact) mass is 382 g/mol. The molecule has 0 fully saturated rings. The number of benzene rings is 1. The number of halogens is 2. The molecule has 6 nitrogen and oxygen atoms in total. The standard InChI is InChI=1S/C12H8BrClN6S/c1-7-15-10(14)6-11(16-7)21-12-17-18-19-20(12)9-4-2-8(13)3-5-9/h2-6H,1H3. The summed E-state index contributed by atoms with van der Waals surface area (Å²) in [5.74, 6) is 0.604. The fraction of sp³-hybridized carbons (Fsp3) is 0.0833. The van der Waals surface area contributed by atoms with Gasteiger partial charge in [-0.25, -0.2) is 9.97 Å². The van der Waals surface area contributed by atoms with Gasteiger partial charge in [-0.2, -0.15) is 4.68 Å². The topological polar surface area (TPSA) is 69.4 Å².